The quantitative estimate of drug-likeness (QED) is 0.699. The summed E-state index contributed by atoms with van der Waals surface area (Å²) >= 11 is 0. The van der Waals surface area contributed by atoms with Gasteiger partial charge in [0.1, 0.15) is 11.3 Å². The Labute approximate surface area is 128 Å². The van der Waals surface area contributed by atoms with Crippen LogP contribution in [0.15, 0.2) is 28.7 Å². The summed E-state index contributed by atoms with van der Waals surface area (Å²) in [5.74, 6) is 1.17. The molecule has 2 nitrogen and oxygen atoms in total. The molecule has 116 valence electrons. The zero-order valence-electron chi connectivity index (χ0n) is 14.0. The Balaban J connectivity index is 2.27. The van der Waals surface area contributed by atoms with Crippen LogP contribution in [-0.2, 0) is 13.0 Å². The molecule has 0 aliphatic heterocycles. The van der Waals surface area contributed by atoms with E-state index < -0.39 is 0 Å². The highest BCUT2D eigenvalue weighted by Gasteiger charge is 2.21. The fourth-order valence-corrected chi connectivity index (χ4v) is 2.68. The minimum Gasteiger partial charge on any atom is -0.461 e. The smallest absolute Gasteiger partial charge is 0.134 e. The number of aryl methyl sites for hydroxylation is 1. The molecule has 0 unspecified atom stereocenters. The standard InChI is InChI=1S/C19H29NO/c1-5-8-12-18-16(14-20-19(4,6-2)7-3)15-11-9-10-13-17(15)21-18/h9-11,13,20H,5-8,12,14H2,1-4H3. The van der Waals surface area contributed by atoms with E-state index in [1.807, 2.05) is 0 Å². The SMILES string of the molecule is CCCCc1oc2ccccc2c1CNC(C)(CC)CC. The monoisotopic (exact) mass is 287 g/mol. The lowest BCUT2D eigenvalue weighted by Crippen LogP contribution is -2.40. The normalized spacial score (nSPS) is 12.2. The highest BCUT2D eigenvalue weighted by molar-refractivity contribution is 5.82. The second kappa shape index (κ2) is 7.13. The molecule has 0 saturated carbocycles. The van der Waals surface area contributed by atoms with Gasteiger partial charge in [-0.15, -0.1) is 0 Å². The Morgan fingerprint density at radius 2 is 1.81 bits per heavy atom. The summed E-state index contributed by atoms with van der Waals surface area (Å²) in [6.45, 7) is 9.94. The summed E-state index contributed by atoms with van der Waals surface area (Å²) in [6, 6.07) is 8.41. The molecule has 2 aromatic rings. The van der Waals surface area contributed by atoms with Gasteiger partial charge in [-0.3, -0.25) is 0 Å². The first-order valence-corrected chi connectivity index (χ1v) is 8.37. The van der Waals surface area contributed by atoms with Gasteiger partial charge in [-0.25, -0.2) is 0 Å². The predicted molar refractivity (Wildman–Crippen MR) is 90.7 cm³/mol. The molecule has 0 bridgehead atoms. The first kappa shape index (κ1) is 16.1. The largest absolute Gasteiger partial charge is 0.461 e. The van der Waals surface area contributed by atoms with E-state index in [1.54, 1.807) is 0 Å². The molecule has 2 rings (SSSR count). The van der Waals surface area contributed by atoms with E-state index in [9.17, 15) is 0 Å². The van der Waals surface area contributed by atoms with Crippen molar-refractivity contribution >= 4 is 11.0 Å². The molecule has 1 aromatic carbocycles. The van der Waals surface area contributed by atoms with E-state index in [0.717, 1.165) is 31.4 Å². The zero-order chi connectivity index (χ0) is 15.3. The Bertz CT molecular complexity index is 566. The summed E-state index contributed by atoms with van der Waals surface area (Å²) in [5.41, 5.74) is 2.59. The summed E-state index contributed by atoms with van der Waals surface area (Å²) in [7, 11) is 0. The lowest BCUT2D eigenvalue weighted by atomic mass is 9.95. The van der Waals surface area contributed by atoms with Gasteiger partial charge in [-0.2, -0.15) is 0 Å². The molecule has 0 radical (unpaired) electrons. The number of hydrogen-bond donors (Lipinski definition) is 1. The molecular formula is C19H29NO. The van der Waals surface area contributed by atoms with Crippen molar-refractivity contribution in [1.82, 2.24) is 5.32 Å². The van der Waals surface area contributed by atoms with Crippen molar-refractivity contribution in [2.24, 2.45) is 0 Å². The minimum absolute atomic E-state index is 0.209. The third-order valence-corrected chi connectivity index (χ3v) is 4.79. The molecule has 0 amide bonds. The maximum Gasteiger partial charge on any atom is 0.134 e. The second-order valence-electron chi connectivity index (χ2n) is 6.22. The third-order valence-electron chi connectivity index (χ3n) is 4.79. The van der Waals surface area contributed by atoms with E-state index >= 15 is 0 Å². The third kappa shape index (κ3) is 3.68. The van der Waals surface area contributed by atoms with Gasteiger partial charge in [0.15, 0.2) is 0 Å². The minimum atomic E-state index is 0.209. The first-order chi connectivity index (χ1) is 10.1. The van der Waals surface area contributed by atoms with E-state index in [-0.39, 0.29) is 5.54 Å². The molecule has 0 saturated heterocycles. The lowest BCUT2D eigenvalue weighted by molar-refractivity contribution is 0.328. The van der Waals surface area contributed by atoms with Crippen LogP contribution in [-0.4, -0.2) is 5.54 Å². The van der Waals surface area contributed by atoms with Crippen LogP contribution in [0.4, 0.5) is 0 Å². The van der Waals surface area contributed by atoms with Gasteiger partial charge >= 0.3 is 0 Å². The number of rotatable bonds is 8. The number of furan rings is 1. The summed E-state index contributed by atoms with van der Waals surface area (Å²) in [6.07, 6.45) is 5.71. The maximum atomic E-state index is 6.09. The molecule has 0 aliphatic rings. The Hall–Kier alpha value is -1.28. The van der Waals surface area contributed by atoms with Crippen LogP contribution in [0.25, 0.3) is 11.0 Å². The number of benzene rings is 1. The number of nitrogens with one attached hydrogen (secondary N) is 1. The van der Waals surface area contributed by atoms with Crippen molar-refractivity contribution in [1.29, 1.82) is 0 Å². The van der Waals surface area contributed by atoms with Crippen LogP contribution in [0, 0.1) is 0 Å². The Morgan fingerprint density at radius 1 is 1.10 bits per heavy atom. The van der Waals surface area contributed by atoms with Crippen LogP contribution < -0.4 is 5.32 Å². The Morgan fingerprint density at radius 3 is 2.48 bits per heavy atom. The van der Waals surface area contributed by atoms with Crippen LogP contribution in [0.3, 0.4) is 0 Å². The van der Waals surface area contributed by atoms with Crippen molar-refractivity contribution < 1.29 is 4.42 Å². The van der Waals surface area contributed by atoms with E-state index in [0.29, 0.717) is 0 Å². The molecule has 0 aliphatic carbocycles. The van der Waals surface area contributed by atoms with Crippen molar-refractivity contribution in [2.75, 3.05) is 0 Å². The summed E-state index contributed by atoms with van der Waals surface area (Å²) in [5, 5.41) is 5.02. The number of para-hydroxylation sites is 1. The molecule has 1 aromatic heterocycles. The molecular weight excluding hydrogens is 258 g/mol. The molecule has 0 spiro atoms. The number of fused-ring (bicyclic) bond motifs is 1. The number of hydrogen-bond acceptors (Lipinski definition) is 2. The van der Waals surface area contributed by atoms with Gasteiger partial charge in [-0.05, 0) is 32.3 Å². The zero-order valence-corrected chi connectivity index (χ0v) is 14.0. The topological polar surface area (TPSA) is 25.2 Å². The summed E-state index contributed by atoms with van der Waals surface area (Å²) in [4.78, 5) is 0. The van der Waals surface area contributed by atoms with Crippen molar-refractivity contribution in [3.63, 3.8) is 0 Å². The van der Waals surface area contributed by atoms with Gasteiger partial charge in [0.05, 0.1) is 0 Å². The van der Waals surface area contributed by atoms with Crippen molar-refractivity contribution in [3.05, 3.63) is 35.6 Å². The second-order valence-corrected chi connectivity index (χ2v) is 6.22. The molecule has 0 atom stereocenters. The highest BCUT2D eigenvalue weighted by Crippen LogP contribution is 2.28. The van der Waals surface area contributed by atoms with Gasteiger partial charge in [0.2, 0.25) is 0 Å². The van der Waals surface area contributed by atoms with Crippen LogP contribution in [0.2, 0.25) is 0 Å². The van der Waals surface area contributed by atoms with Gasteiger partial charge < -0.3 is 9.73 Å². The van der Waals surface area contributed by atoms with E-state index in [2.05, 4.69) is 57.3 Å². The average molecular weight is 287 g/mol. The Kier molecular flexibility index (Phi) is 5.46. The first-order valence-electron chi connectivity index (χ1n) is 8.37. The average Bonchev–Trinajstić information content (AvgIpc) is 2.88. The molecule has 21 heavy (non-hydrogen) atoms. The highest BCUT2D eigenvalue weighted by atomic mass is 16.3. The van der Waals surface area contributed by atoms with Crippen molar-refractivity contribution in [3.8, 4) is 0 Å². The fourth-order valence-electron chi connectivity index (χ4n) is 2.68. The van der Waals surface area contributed by atoms with Crippen LogP contribution in [0.5, 0.6) is 0 Å². The van der Waals surface area contributed by atoms with E-state index in [1.165, 1.54) is 29.6 Å². The lowest BCUT2D eigenvalue weighted by Gasteiger charge is -2.28. The van der Waals surface area contributed by atoms with Crippen molar-refractivity contribution in [2.45, 2.75) is 71.9 Å². The molecule has 2 heteroatoms. The van der Waals surface area contributed by atoms with Gasteiger partial charge in [0, 0.05) is 29.5 Å². The van der Waals surface area contributed by atoms with Crippen LogP contribution >= 0.6 is 0 Å². The number of unbranched alkanes of at least 4 members (excludes halogenated alkanes) is 1. The molecule has 0 fully saturated rings. The molecule has 1 heterocycles. The fraction of sp³-hybridized carbons (Fsp3) is 0.579. The van der Waals surface area contributed by atoms with Gasteiger partial charge in [0.25, 0.3) is 0 Å². The maximum absolute atomic E-state index is 6.09. The van der Waals surface area contributed by atoms with Gasteiger partial charge in [-0.1, -0.05) is 45.4 Å². The van der Waals surface area contributed by atoms with E-state index in [4.69, 9.17) is 4.42 Å². The summed E-state index contributed by atoms with van der Waals surface area (Å²) < 4.78 is 6.09. The van der Waals surface area contributed by atoms with Crippen LogP contribution in [0.1, 0.15) is 64.7 Å². The molecule has 1 N–H and O–H groups in total. The predicted octanol–water partition coefficient (Wildman–Crippen LogP) is 5.44.